The first kappa shape index (κ1) is 16.1. The van der Waals surface area contributed by atoms with Gasteiger partial charge in [-0.15, -0.1) is 0 Å². The van der Waals surface area contributed by atoms with Gasteiger partial charge in [-0.25, -0.2) is 0 Å². The lowest BCUT2D eigenvalue weighted by Crippen LogP contribution is -2.49. The minimum atomic E-state index is 0.0848. The van der Waals surface area contributed by atoms with Gasteiger partial charge in [-0.3, -0.25) is 9.69 Å². The number of piperazine rings is 1. The molecule has 0 unspecified atom stereocenters. The number of nitrogens with zero attached hydrogens (tertiary/aromatic N) is 2. The van der Waals surface area contributed by atoms with Crippen molar-refractivity contribution in [3.8, 4) is 0 Å². The first-order valence-corrected chi connectivity index (χ1v) is 8.42. The minimum absolute atomic E-state index is 0.0848. The molecule has 0 bridgehead atoms. The van der Waals surface area contributed by atoms with Gasteiger partial charge in [-0.1, -0.05) is 29.3 Å². The standard InChI is InChI=1S/C16H20Cl2N2O2/c17-14-2-1-11(9-15(14)18)12-10-13(12)16(22)20-5-3-19(4-6-20)7-8-21/h1-2,9,12-13,21H,3-8,10H2/t12-,13-/m1/s1. The summed E-state index contributed by atoms with van der Waals surface area (Å²) in [6.45, 7) is 4.06. The summed E-state index contributed by atoms with van der Waals surface area (Å²) < 4.78 is 0. The monoisotopic (exact) mass is 342 g/mol. The van der Waals surface area contributed by atoms with Crippen molar-refractivity contribution >= 4 is 29.1 Å². The number of rotatable bonds is 4. The summed E-state index contributed by atoms with van der Waals surface area (Å²) in [7, 11) is 0. The number of hydrogen-bond acceptors (Lipinski definition) is 3. The van der Waals surface area contributed by atoms with Gasteiger partial charge >= 0.3 is 0 Å². The molecule has 1 aliphatic heterocycles. The molecular weight excluding hydrogens is 323 g/mol. The lowest BCUT2D eigenvalue weighted by molar-refractivity contribution is -0.134. The molecule has 1 saturated carbocycles. The second-order valence-corrected chi connectivity index (χ2v) is 6.83. The Morgan fingerprint density at radius 1 is 1.18 bits per heavy atom. The van der Waals surface area contributed by atoms with E-state index in [9.17, 15) is 4.79 Å². The number of aliphatic hydroxyl groups is 1. The molecule has 1 saturated heterocycles. The zero-order valence-electron chi connectivity index (χ0n) is 12.3. The Kier molecular flexibility index (Phi) is 4.93. The van der Waals surface area contributed by atoms with Crippen LogP contribution in [0, 0.1) is 5.92 Å². The van der Waals surface area contributed by atoms with Crippen molar-refractivity contribution < 1.29 is 9.90 Å². The van der Waals surface area contributed by atoms with Crippen LogP contribution in [0.25, 0.3) is 0 Å². The summed E-state index contributed by atoms with van der Waals surface area (Å²) in [6.07, 6.45) is 0.896. The van der Waals surface area contributed by atoms with E-state index in [1.807, 2.05) is 17.0 Å². The van der Waals surface area contributed by atoms with Gasteiger partial charge in [0.05, 0.1) is 16.7 Å². The Hall–Kier alpha value is -0.810. The molecule has 2 fully saturated rings. The summed E-state index contributed by atoms with van der Waals surface area (Å²) in [6, 6.07) is 5.64. The van der Waals surface area contributed by atoms with Gasteiger partial charge in [0.1, 0.15) is 0 Å². The molecule has 3 rings (SSSR count). The predicted octanol–water partition coefficient (Wildman–Crippen LogP) is 2.23. The topological polar surface area (TPSA) is 43.8 Å². The largest absolute Gasteiger partial charge is 0.395 e. The van der Waals surface area contributed by atoms with Gasteiger partial charge in [0.2, 0.25) is 5.91 Å². The molecule has 0 spiro atoms. The van der Waals surface area contributed by atoms with Crippen LogP contribution in [0.3, 0.4) is 0 Å². The molecule has 1 amide bonds. The number of aliphatic hydroxyl groups excluding tert-OH is 1. The highest BCUT2D eigenvalue weighted by Crippen LogP contribution is 2.49. The van der Waals surface area contributed by atoms with E-state index in [0.717, 1.165) is 38.2 Å². The van der Waals surface area contributed by atoms with Crippen LogP contribution in [0.2, 0.25) is 10.0 Å². The summed E-state index contributed by atoms with van der Waals surface area (Å²) in [5.41, 5.74) is 1.10. The number of amides is 1. The average molecular weight is 343 g/mol. The fourth-order valence-electron chi connectivity index (χ4n) is 3.15. The van der Waals surface area contributed by atoms with E-state index in [2.05, 4.69) is 4.90 Å². The van der Waals surface area contributed by atoms with Gasteiger partial charge < -0.3 is 10.0 Å². The van der Waals surface area contributed by atoms with E-state index in [1.54, 1.807) is 6.07 Å². The van der Waals surface area contributed by atoms with E-state index < -0.39 is 0 Å². The number of carbonyl (C=O) groups is 1. The SMILES string of the molecule is O=C([C@@H]1C[C@@H]1c1ccc(Cl)c(Cl)c1)N1CCN(CCO)CC1. The molecule has 22 heavy (non-hydrogen) atoms. The lowest BCUT2D eigenvalue weighted by atomic mass is 10.1. The number of carbonyl (C=O) groups excluding carboxylic acids is 1. The molecule has 2 aliphatic rings. The highest BCUT2D eigenvalue weighted by Gasteiger charge is 2.46. The van der Waals surface area contributed by atoms with Crippen LogP contribution in [0.15, 0.2) is 18.2 Å². The molecule has 1 aromatic rings. The third-order valence-electron chi connectivity index (χ3n) is 4.58. The van der Waals surface area contributed by atoms with Crippen molar-refractivity contribution in [3.63, 3.8) is 0 Å². The van der Waals surface area contributed by atoms with E-state index >= 15 is 0 Å². The smallest absolute Gasteiger partial charge is 0.226 e. The number of β-amino-alcohol motifs (C(OH)–C–C–N with tert-alkyl or cyclic N) is 1. The summed E-state index contributed by atoms with van der Waals surface area (Å²) >= 11 is 12.0. The van der Waals surface area contributed by atoms with Crippen LogP contribution in [0.4, 0.5) is 0 Å². The van der Waals surface area contributed by atoms with Crippen molar-refractivity contribution in [2.24, 2.45) is 5.92 Å². The van der Waals surface area contributed by atoms with Crippen molar-refractivity contribution in [2.45, 2.75) is 12.3 Å². The van der Waals surface area contributed by atoms with Gasteiger partial charge in [-0.2, -0.15) is 0 Å². The van der Waals surface area contributed by atoms with Crippen LogP contribution in [0.5, 0.6) is 0 Å². The summed E-state index contributed by atoms with van der Waals surface area (Å²) in [5.74, 6) is 0.610. The van der Waals surface area contributed by atoms with Gasteiger partial charge in [-0.05, 0) is 30.0 Å². The fraction of sp³-hybridized carbons (Fsp3) is 0.562. The maximum absolute atomic E-state index is 12.6. The molecule has 1 aromatic carbocycles. The van der Waals surface area contributed by atoms with Gasteiger partial charge in [0.15, 0.2) is 0 Å². The molecule has 1 N–H and O–H groups in total. The summed E-state index contributed by atoms with van der Waals surface area (Å²) in [5, 5.41) is 10.1. The van der Waals surface area contributed by atoms with Crippen LogP contribution in [-0.2, 0) is 4.79 Å². The zero-order chi connectivity index (χ0) is 15.7. The zero-order valence-corrected chi connectivity index (χ0v) is 13.9. The van der Waals surface area contributed by atoms with Crippen LogP contribution in [-0.4, -0.2) is 60.1 Å². The molecule has 1 aliphatic carbocycles. The molecule has 1 heterocycles. The third-order valence-corrected chi connectivity index (χ3v) is 5.32. The van der Waals surface area contributed by atoms with Crippen molar-refractivity contribution in [1.29, 1.82) is 0 Å². The second kappa shape index (κ2) is 6.75. The van der Waals surface area contributed by atoms with E-state index in [-0.39, 0.29) is 24.3 Å². The number of halogens is 2. The quantitative estimate of drug-likeness (QED) is 0.912. The van der Waals surface area contributed by atoms with Gasteiger partial charge in [0.25, 0.3) is 0 Å². The molecular formula is C16H20Cl2N2O2. The first-order chi connectivity index (χ1) is 10.6. The molecule has 0 aromatic heterocycles. The average Bonchev–Trinajstić information content (AvgIpc) is 3.31. The Bertz CT molecular complexity index is 559. The third kappa shape index (κ3) is 3.40. The van der Waals surface area contributed by atoms with E-state index in [1.165, 1.54) is 0 Å². The van der Waals surface area contributed by atoms with Crippen LogP contribution in [0.1, 0.15) is 17.9 Å². The highest BCUT2D eigenvalue weighted by molar-refractivity contribution is 6.42. The molecule has 4 nitrogen and oxygen atoms in total. The second-order valence-electron chi connectivity index (χ2n) is 6.01. The van der Waals surface area contributed by atoms with Crippen LogP contribution >= 0.6 is 23.2 Å². The Morgan fingerprint density at radius 3 is 2.55 bits per heavy atom. The fourth-order valence-corrected chi connectivity index (χ4v) is 3.45. The van der Waals surface area contributed by atoms with Crippen molar-refractivity contribution in [2.75, 3.05) is 39.3 Å². The van der Waals surface area contributed by atoms with E-state index in [0.29, 0.717) is 16.6 Å². The highest BCUT2D eigenvalue weighted by atomic mass is 35.5. The Balaban J connectivity index is 1.56. The number of hydrogen-bond donors (Lipinski definition) is 1. The first-order valence-electron chi connectivity index (χ1n) is 7.67. The molecule has 0 radical (unpaired) electrons. The number of benzene rings is 1. The molecule has 6 heteroatoms. The predicted molar refractivity (Wildman–Crippen MR) is 87.4 cm³/mol. The molecule has 120 valence electrons. The normalized spacial score (nSPS) is 25.3. The van der Waals surface area contributed by atoms with Crippen molar-refractivity contribution in [1.82, 2.24) is 9.80 Å². The Morgan fingerprint density at radius 2 is 1.91 bits per heavy atom. The maximum Gasteiger partial charge on any atom is 0.226 e. The summed E-state index contributed by atoms with van der Waals surface area (Å²) in [4.78, 5) is 16.7. The van der Waals surface area contributed by atoms with E-state index in [4.69, 9.17) is 28.3 Å². The molecule has 2 atom stereocenters. The van der Waals surface area contributed by atoms with Crippen molar-refractivity contribution in [3.05, 3.63) is 33.8 Å². The maximum atomic E-state index is 12.6. The minimum Gasteiger partial charge on any atom is -0.395 e. The Labute approximate surface area is 140 Å². The van der Waals surface area contributed by atoms with Gasteiger partial charge in [0, 0.05) is 38.6 Å². The lowest BCUT2D eigenvalue weighted by Gasteiger charge is -2.34. The van der Waals surface area contributed by atoms with Crippen LogP contribution < -0.4 is 0 Å².